The molecular weight excluding hydrogens is 448 g/mol. The van der Waals surface area contributed by atoms with Gasteiger partial charge in [-0.1, -0.05) is 42.5 Å². The van der Waals surface area contributed by atoms with Crippen molar-refractivity contribution in [1.29, 1.82) is 0 Å². The fraction of sp³-hybridized carbons (Fsp3) is 0.185. The molecule has 1 aromatic heterocycles. The Morgan fingerprint density at radius 1 is 0.943 bits per heavy atom. The number of carbonyl (C=O) groups is 1. The van der Waals surface area contributed by atoms with Gasteiger partial charge in [0.25, 0.3) is 0 Å². The lowest BCUT2D eigenvalue weighted by molar-refractivity contribution is 0.108. The molecule has 35 heavy (non-hydrogen) atoms. The number of amides is 1. The van der Waals surface area contributed by atoms with Crippen LogP contribution in [0.1, 0.15) is 5.56 Å². The van der Waals surface area contributed by atoms with Crippen LogP contribution < -0.4 is 10.2 Å². The van der Waals surface area contributed by atoms with Crippen molar-refractivity contribution in [1.82, 2.24) is 9.80 Å². The summed E-state index contributed by atoms with van der Waals surface area (Å²) in [7, 11) is 0. The van der Waals surface area contributed by atoms with E-state index in [9.17, 15) is 19.8 Å². The van der Waals surface area contributed by atoms with Gasteiger partial charge in [0, 0.05) is 44.9 Å². The van der Waals surface area contributed by atoms with Gasteiger partial charge in [-0.05, 0) is 23.3 Å². The van der Waals surface area contributed by atoms with Crippen molar-refractivity contribution in [3.8, 4) is 28.4 Å². The Hall–Kier alpha value is -4.30. The number of carbonyl (C=O) groups excluding carboxylic acids is 1. The Morgan fingerprint density at radius 3 is 2.37 bits per heavy atom. The number of benzene rings is 3. The third-order valence-electron chi connectivity index (χ3n) is 6.09. The molecule has 1 aliphatic rings. The average molecular weight is 472 g/mol. The maximum Gasteiger partial charge on any atom is 0.415 e. The van der Waals surface area contributed by atoms with Crippen LogP contribution in [0.2, 0.25) is 0 Å². The second kappa shape index (κ2) is 9.52. The molecule has 0 spiro atoms. The van der Waals surface area contributed by atoms with E-state index in [1.165, 1.54) is 17.9 Å². The van der Waals surface area contributed by atoms with Gasteiger partial charge in [-0.25, -0.2) is 4.79 Å². The fourth-order valence-electron chi connectivity index (χ4n) is 4.22. The van der Waals surface area contributed by atoms with E-state index < -0.39 is 11.5 Å². The second-order valence-electron chi connectivity index (χ2n) is 8.46. The number of piperazine rings is 1. The molecule has 8 nitrogen and oxygen atoms in total. The summed E-state index contributed by atoms with van der Waals surface area (Å²) in [4.78, 5) is 29.5. The van der Waals surface area contributed by atoms with E-state index >= 15 is 0 Å². The summed E-state index contributed by atoms with van der Waals surface area (Å²) in [5, 5.41) is 19.7. The largest absolute Gasteiger partial charge is 0.508 e. The molecule has 3 aromatic carbocycles. The standard InChI is InChI=1S/C27H24N2O6/c30-20-14-23(31)25-24(15-20)34-17-22(26(25)32)19-6-8-21(9-7-19)35-27(33)29-12-10-28(11-13-29)16-18-4-2-1-3-5-18/h1-9,14-15,17,30-31H,10-13,16H2. The van der Waals surface area contributed by atoms with Crippen molar-refractivity contribution in [3.05, 3.63) is 88.8 Å². The van der Waals surface area contributed by atoms with Gasteiger partial charge >= 0.3 is 6.09 Å². The predicted molar refractivity (Wildman–Crippen MR) is 131 cm³/mol. The lowest BCUT2D eigenvalue weighted by atomic mass is 10.0. The molecule has 0 radical (unpaired) electrons. The van der Waals surface area contributed by atoms with Gasteiger partial charge in [0.1, 0.15) is 34.5 Å². The number of aromatic hydroxyl groups is 2. The van der Waals surface area contributed by atoms with Gasteiger partial charge in [-0.15, -0.1) is 0 Å². The van der Waals surface area contributed by atoms with Crippen molar-refractivity contribution in [3.63, 3.8) is 0 Å². The first-order valence-corrected chi connectivity index (χ1v) is 11.3. The molecule has 0 atom stereocenters. The van der Waals surface area contributed by atoms with Crippen LogP contribution in [-0.2, 0) is 6.54 Å². The number of hydrogen-bond donors (Lipinski definition) is 2. The van der Waals surface area contributed by atoms with Crippen molar-refractivity contribution in [2.75, 3.05) is 26.2 Å². The fourth-order valence-corrected chi connectivity index (χ4v) is 4.22. The quantitative estimate of drug-likeness (QED) is 0.459. The van der Waals surface area contributed by atoms with E-state index in [1.54, 1.807) is 29.2 Å². The Morgan fingerprint density at radius 2 is 1.66 bits per heavy atom. The zero-order chi connectivity index (χ0) is 24.4. The van der Waals surface area contributed by atoms with Crippen LogP contribution in [0.5, 0.6) is 17.2 Å². The molecule has 8 heteroatoms. The number of rotatable bonds is 4. The van der Waals surface area contributed by atoms with Crippen molar-refractivity contribution < 1.29 is 24.2 Å². The summed E-state index contributed by atoms with van der Waals surface area (Å²) in [6.45, 7) is 3.56. The normalized spacial score (nSPS) is 14.2. The highest BCUT2D eigenvalue weighted by atomic mass is 16.6. The van der Waals surface area contributed by atoms with Crippen molar-refractivity contribution >= 4 is 17.1 Å². The van der Waals surface area contributed by atoms with E-state index in [1.807, 2.05) is 18.2 Å². The topological polar surface area (TPSA) is 103 Å². The van der Waals surface area contributed by atoms with Gasteiger partial charge in [-0.3, -0.25) is 9.69 Å². The van der Waals surface area contributed by atoms with Crippen LogP contribution in [0.15, 0.2) is 82.2 Å². The number of phenolic OH excluding ortho intramolecular Hbond substituents is 2. The van der Waals surface area contributed by atoms with Gasteiger partial charge in [-0.2, -0.15) is 0 Å². The van der Waals surface area contributed by atoms with Crippen LogP contribution in [-0.4, -0.2) is 52.3 Å². The monoisotopic (exact) mass is 472 g/mol. The molecule has 178 valence electrons. The number of ether oxygens (including phenoxy) is 1. The molecule has 1 fully saturated rings. The summed E-state index contributed by atoms with van der Waals surface area (Å²) >= 11 is 0. The Bertz CT molecular complexity index is 1410. The van der Waals surface area contributed by atoms with Gasteiger partial charge in [0.05, 0.1) is 5.56 Å². The first-order chi connectivity index (χ1) is 17.0. The lowest BCUT2D eigenvalue weighted by Crippen LogP contribution is -2.49. The van der Waals surface area contributed by atoms with E-state index in [4.69, 9.17) is 9.15 Å². The molecule has 5 rings (SSSR count). The molecular formula is C27H24N2O6. The van der Waals surface area contributed by atoms with Crippen LogP contribution in [0.4, 0.5) is 4.79 Å². The number of phenols is 2. The van der Waals surface area contributed by atoms with Crippen LogP contribution >= 0.6 is 0 Å². The number of hydrogen-bond acceptors (Lipinski definition) is 7. The summed E-state index contributed by atoms with van der Waals surface area (Å²) in [5.41, 5.74) is 1.69. The summed E-state index contributed by atoms with van der Waals surface area (Å²) in [6.07, 6.45) is 0.867. The molecule has 0 bridgehead atoms. The minimum Gasteiger partial charge on any atom is -0.508 e. The van der Waals surface area contributed by atoms with Crippen LogP contribution in [0.3, 0.4) is 0 Å². The van der Waals surface area contributed by atoms with Crippen molar-refractivity contribution in [2.45, 2.75) is 6.54 Å². The van der Waals surface area contributed by atoms with E-state index in [0.717, 1.165) is 25.7 Å². The molecule has 1 amide bonds. The smallest absolute Gasteiger partial charge is 0.415 e. The highest BCUT2D eigenvalue weighted by Gasteiger charge is 2.23. The Kier molecular flexibility index (Phi) is 6.12. The van der Waals surface area contributed by atoms with Gasteiger partial charge < -0.3 is 24.3 Å². The molecule has 2 heterocycles. The highest BCUT2D eigenvalue weighted by Crippen LogP contribution is 2.30. The third-order valence-corrected chi connectivity index (χ3v) is 6.09. The van der Waals surface area contributed by atoms with E-state index in [-0.39, 0.29) is 28.0 Å². The SMILES string of the molecule is O=C(Oc1ccc(-c2coc3cc(O)cc(O)c3c2=O)cc1)N1CCN(Cc2ccccc2)CC1. The summed E-state index contributed by atoms with van der Waals surface area (Å²) in [5.74, 6) is -0.192. The second-order valence-corrected chi connectivity index (χ2v) is 8.46. The van der Waals surface area contributed by atoms with Crippen LogP contribution in [0, 0.1) is 0 Å². The minimum absolute atomic E-state index is 0.0118. The molecule has 0 aliphatic carbocycles. The van der Waals surface area contributed by atoms with Gasteiger partial charge in [0.2, 0.25) is 5.43 Å². The summed E-state index contributed by atoms with van der Waals surface area (Å²) in [6, 6.07) is 19.1. The molecule has 1 aliphatic heterocycles. The maximum atomic E-state index is 12.9. The molecule has 4 aromatic rings. The zero-order valence-electron chi connectivity index (χ0n) is 18.9. The Balaban J connectivity index is 1.23. The van der Waals surface area contributed by atoms with Crippen LogP contribution in [0.25, 0.3) is 22.1 Å². The number of nitrogens with zero attached hydrogens (tertiary/aromatic N) is 2. The first-order valence-electron chi connectivity index (χ1n) is 11.3. The van der Waals surface area contributed by atoms with E-state index in [0.29, 0.717) is 24.4 Å². The van der Waals surface area contributed by atoms with Gasteiger partial charge in [0.15, 0.2) is 0 Å². The summed E-state index contributed by atoms with van der Waals surface area (Å²) < 4.78 is 11.0. The molecule has 2 N–H and O–H groups in total. The molecule has 1 saturated heterocycles. The average Bonchev–Trinajstić information content (AvgIpc) is 2.85. The Labute approximate surface area is 201 Å². The molecule has 0 unspecified atom stereocenters. The number of fused-ring (bicyclic) bond motifs is 1. The minimum atomic E-state index is -0.429. The lowest BCUT2D eigenvalue weighted by Gasteiger charge is -2.34. The zero-order valence-corrected chi connectivity index (χ0v) is 18.9. The predicted octanol–water partition coefficient (Wildman–Crippen LogP) is 4.19. The van der Waals surface area contributed by atoms with E-state index in [2.05, 4.69) is 17.0 Å². The maximum absolute atomic E-state index is 12.9. The highest BCUT2D eigenvalue weighted by molar-refractivity contribution is 5.88. The van der Waals surface area contributed by atoms with Crippen molar-refractivity contribution in [2.24, 2.45) is 0 Å². The third kappa shape index (κ3) is 4.83. The first kappa shape index (κ1) is 22.5. The molecule has 0 saturated carbocycles.